The van der Waals surface area contributed by atoms with Crippen molar-refractivity contribution in [2.45, 2.75) is 57.4 Å². The van der Waals surface area contributed by atoms with E-state index in [1.165, 1.54) is 49.0 Å². The number of rotatable bonds is 3. The monoisotopic (exact) mass is 271 g/mol. The van der Waals surface area contributed by atoms with Crippen molar-refractivity contribution in [3.63, 3.8) is 0 Å². The first kappa shape index (κ1) is 13.6. The summed E-state index contributed by atoms with van der Waals surface area (Å²) in [5.74, 6) is 1.93. The summed E-state index contributed by atoms with van der Waals surface area (Å²) in [6.45, 7) is 2.05. The van der Waals surface area contributed by atoms with Crippen molar-refractivity contribution in [1.82, 2.24) is 9.55 Å². The summed E-state index contributed by atoms with van der Waals surface area (Å²) in [6, 6.07) is 6.81. The predicted molar refractivity (Wildman–Crippen MR) is 83.9 cm³/mol. The molecule has 0 radical (unpaired) electrons. The Morgan fingerprint density at radius 1 is 1.30 bits per heavy atom. The standard InChI is InChI=1S/C17H25N3/c1-12(18)10-13-8-9-16-15(11-13)19-17(20(16)2)14-6-4-3-5-7-14/h8-9,11-12,14H,3-7,10,18H2,1-2H3. The van der Waals surface area contributed by atoms with Gasteiger partial charge in [0.2, 0.25) is 0 Å². The first-order chi connectivity index (χ1) is 9.65. The number of fused-ring (bicyclic) bond motifs is 1. The highest BCUT2D eigenvalue weighted by Gasteiger charge is 2.21. The molecule has 1 aromatic carbocycles. The molecule has 1 heterocycles. The molecule has 0 aliphatic heterocycles. The summed E-state index contributed by atoms with van der Waals surface area (Å²) in [7, 11) is 2.16. The van der Waals surface area contributed by atoms with Crippen LogP contribution >= 0.6 is 0 Å². The Morgan fingerprint density at radius 3 is 2.75 bits per heavy atom. The fourth-order valence-electron chi connectivity index (χ4n) is 3.49. The number of hydrogen-bond donors (Lipinski definition) is 1. The molecule has 1 aliphatic rings. The van der Waals surface area contributed by atoms with Crippen LogP contribution in [0.5, 0.6) is 0 Å². The molecule has 1 unspecified atom stereocenters. The molecule has 0 saturated heterocycles. The fourth-order valence-corrected chi connectivity index (χ4v) is 3.49. The van der Waals surface area contributed by atoms with E-state index in [1.54, 1.807) is 0 Å². The molecule has 2 N–H and O–H groups in total. The Bertz CT molecular complexity index is 592. The zero-order valence-electron chi connectivity index (χ0n) is 12.6. The van der Waals surface area contributed by atoms with Gasteiger partial charge in [-0.3, -0.25) is 0 Å². The minimum absolute atomic E-state index is 0.203. The number of nitrogens with two attached hydrogens (primary N) is 1. The molecule has 1 atom stereocenters. The molecule has 0 bridgehead atoms. The Balaban J connectivity index is 1.96. The number of nitrogens with zero attached hydrogens (tertiary/aromatic N) is 2. The van der Waals surface area contributed by atoms with Crippen LogP contribution in [0.2, 0.25) is 0 Å². The molecule has 0 spiro atoms. The summed E-state index contributed by atoms with van der Waals surface area (Å²) >= 11 is 0. The van der Waals surface area contributed by atoms with Crippen LogP contribution in [0.4, 0.5) is 0 Å². The largest absolute Gasteiger partial charge is 0.331 e. The van der Waals surface area contributed by atoms with Crippen LogP contribution in [0.25, 0.3) is 11.0 Å². The van der Waals surface area contributed by atoms with Crippen LogP contribution in [-0.4, -0.2) is 15.6 Å². The molecule has 3 rings (SSSR count). The van der Waals surface area contributed by atoms with E-state index in [1.807, 2.05) is 0 Å². The lowest BCUT2D eigenvalue weighted by Gasteiger charge is -2.20. The zero-order valence-corrected chi connectivity index (χ0v) is 12.6. The molecule has 3 nitrogen and oxygen atoms in total. The molecule has 0 amide bonds. The van der Waals surface area contributed by atoms with Gasteiger partial charge in [0.1, 0.15) is 5.82 Å². The lowest BCUT2D eigenvalue weighted by molar-refractivity contribution is 0.423. The smallest absolute Gasteiger partial charge is 0.112 e. The second kappa shape index (κ2) is 5.57. The van der Waals surface area contributed by atoms with Gasteiger partial charge in [0.25, 0.3) is 0 Å². The maximum atomic E-state index is 5.89. The first-order valence-corrected chi connectivity index (χ1v) is 7.86. The lowest BCUT2D eigenvalue weighted by Crippen LogP contribution is -2.17. The van der Waals surface area contributed by atoms with Crippen molar-refractivity contribution >= 4 is 11.0 Å². The van der Waals surface area contributed by atoms with Crippen LogP contribution in [0.15, 0.2) is 18.2 Å². The SMILES string of the molecule is CC(N)Cc1ccc2c(c1)nc(C1CCCCC1)n2C. The topological polar surface area (TPSA) is 43.8 Å². The van der Waals surface area contributed by atoms with Gasteiger partial charge < -0.3 is 10.3 Å². The average Bonchev–Trinajstić information content (AvgIpc) is 2.76. The van der Waals surface area contributed by atoms with Crippen molar-refractivity contribution in [2.24, 2.45) is 12.8 Å². The maximum Gasteiger partial charge on any atom is 0.112 e. The number of hydrogen-bond acceptors (Lipinski definition) is 2. The molecule has 1 fully saturated rings. The lowest BCUT2D eigenvalue weighted by atomic mass is 9.89. The van der Waals surface area contributed by atoms with Crippen LogP contribution in [0.1, 0.15) is 56.3 Å². The molecule has 1 aromatic heterocycles. The van der Waals surface area contributed by atoms with Crippen LogP contribution < -0.4 is 5.73 Å². The van der Waals surface area contributed by atoms with E-state index < -0.39 is 0 Å². The summed E-state index contributed by atoms with van der Waals surface area (Å²) in [4.78, 5) is 4.93. The van der Waals surface area contributed by atoms with Crippen LogP contribution in [-0.2, 0) is 13.5 Å². The predicted octanol–water partition coefficient (Wildman–Crippen LogP) is 3.51. The zero-order chi connectivity index (χ0) is 14.1. The van der Waals surface area contributed by atoms with Gasteiger partial charge in [-0.25, -0.2) is 4.98 Å². The summed E-state index contributed by atoms with van der Waals surface area (Å²) in [6.07, 6.45) is 7.60. The van der Waals surface area contributed by atoms with Crippen molar-refractivity contribution < 1.29 is 0 Å². The molecular weight excluding hydrogens is 246 g/mol. The number of aromatic nitrogens is 2. The molecule has 3 heteroatoms. The minimum Gasteiger partial charge on any atom is -0.331 e. The number of benzene rings is 1. The molecular formula is C17H25N3. The second-order valence-electron chi connectivity index (χ2n) is 6.37. The van der Waals surface area contributed by atoms with Gasteiger partial charge in [0.15, 0.2) is 0 Å². The van der Waals surface area contributed by atoms with E-state index >= 15 is 0 Å². The van der Waals surface area contributed by atoms with Crippen molar-refractivity contribution in [3.8, 4) is 0 Å². The van der Waals surface area contributed by atoms with Crippen LogP contribution in [0.3, 0.4) is 0 Å². The third kappa shape index (κ3) is 2.59. The van der Waals surface area contributed by atoms with E-state index in [0.29, 0.717) is 5.92 Å². The number of imidazole rings is 1. The molecule has 1 saturated carbocycles. The van der Waals surface area contributed by atoms with E-state index in [0.717, 1.165) is 11.9 Å². The van der Waals surface area contributed by atoms with E-state index in [-0.39, 0.29) is 6.04 Å². The third-order valence-electron chi connectivity index (χ3n) is 4.51. The van der Waals surface area contributed by atoms with E-state index in [2.05, 4.69) is 36.7 Å². The summed E-state index contributed by atoms with van der Waals surface area (Å²) < 4.78 is 2.29. The van der Waals surface area contributed by atoms with Gasteiger partial charge in [-0.2, -0.15) is 0 Å². The van der Waals surface area contributed by atoms with Crippen molar-refractivity contribution in [1.29, 1.82) is 0 Å². The Morgan fingerprint density at radius 2 is 2.05 bits per heavy atom. The fraction of sp³-hybridized carbons (Fsp3) is 0.588. The summed E-state index contributed by atoms with van der Waals surface area (Å²) in [5, 5.41) is 0. The van der Waals surface area contributed by atoms with Gasteiger partial charge in [0, 0.05) is 19.0 Å². The maximum absolute atomic E-state index is 5.89. The van der Waals surface area contributed by atoms with E-state index in [9.17, 15) is 0 Å². The Hall–Kier alpha value is -1.35. The molecule has 1 aliphatic carbocycles. The van der Waals surface area contributed by atoms with Crippen molar-refractivity contribution in [3.05, 3.63) is 29.6 Å². The number of aryl methyl sites for hydroxylation is 1. The average molecular weight is 271 g/mol. The van der Waals surface area contributed by atoms with Crippen LogP contribution in [0, 0.1) is 0 Å². The van der Waals surface area contributed by atoms with Gasteiger partial charge >= 0.3 is 0 Å². The summed E-state index contributed by atoms with van der Waals surface area (Å²) in [5.41, 5.74) is 9.57. The minimum atomic E-state index is 0.203. The Labute approximate surface area is 121 Å². The third-order valence-corrected chi connectivity index (χ3v) is 4.51. The highest BCUT2D eigenvalue weighted by molar-refractivity contribution is 5.77. The highest BCUT2D eigenvalue weighted by atomic mass is 15.1. The quantitative estimate of drug-likeness (QED) is 0.928. The molecule has 2 aromatic rings. The first-order valence-electron chi connectivity index (χ1n) is 7.86. The van der Waals surface area contributed by atoms with Gasteiger partial charge in [-0.05, 0) is 43.9 Å². The molecule has 20 heavy (non-hydrogen) atoms. The molecule has 108 valence electrons. The highest BCUT2D eigenvalue weighted by Crippen LogP contribution is 2.33. The second-order valence-corrected chi connectivity index (χ2v) is 6.37. The van der Waals surface area contributed by atoms with Gasteiger partial charge in [-0.15, -0.1) is 0 Å². The Kier molecular flexibility index (Phi) is 3.79. The van der Waals surface area contributed by atoms with E-state index in [4.69, 9.17) is 10.7 Å². The van der Waals surface area contributed by atoms with Gasteiger partial charge in [-0.1, -0.05) is 25.3 Å². The van der Waals surface area contributed by atoms with Crippen molar-refractivity contribution in [2.75, 3.05) is 0 Å². The van der Waals surface area contributed by atoms with Gasteiger partial charge in [0.05, 0.1) is 11.0 Å². The normalized spacial score (nSPS) is 18.6.